The maximum atomic E-state index is 3.11. The van der Waals surface area contributed by atoms with Crippen LogP contribution in [0, 0.1) is 0 Å². The predicted molar refractivity (Wildman–Crippen MR) is 30.9 cm³/mol. The van der Waals surface area contributed by atoms with Crippen molar-refractivity contribution in [3.8, 4) is 0 Å². The molecule has 1 N–H and O–H groups in total. The van der Waals surface area contributed by atoms with Crippen molar-refractivity contribution in [1.82, 2.24) is 5.32 Å². The first-order valence-electron chi connectivity index (χ1n) is 2.71. The summed E-state index contributed by atoms with van der Waals surface area (Å²) in [5.41, 5.74) is 0. The zero-order valence-electron chi connectivity index (χ0n) is 4.62. The van der Waals surface area contributed by atoms with E-state index in [2.05, 4.69) is 5.32 Å². The molecule has 0 saturated carbocycles. The average Bonchev–Trinajstić information content (AvgIpc) is 1.36. The van der Waals surface area contributed by atoms with Crippen molar-refractivity contribution in [3.63, 3.8) is 0 Å². The van der Waals surface area contributed by atoms with E-state index in [4.69, 9.17) is 0 Å². The van der Waals surface area contributed by atoms with Crippen molar-refractivity contribution in [3.05, 3.63) is 0 Å². The zero-order valence-corrected chi connectivity index (χ0v) is 4.62. The van der Waals surface area contributed by atoms with Gasteiger partial charge in [-0.05, 0) is 19.5 Å². The fourth-order valence-electron chi connectivity index (χ4n) is 0.177. The summed E-state index contributed by atoms with van der Waals surface area (Å²) in [6.45, 7) is 6.50. The lowest BCUT2D eigenvalue weighted by Gasteiger charge is -2.09. The van der Waals surface area contributed by atoms with Gasteiger partial charge in [0.25, 0.3) is 0 Å². The smallest absolute Gasteiger partial charge is 0 e. The van der Waals surface area contributed by atoms with E-state index >= 15 is 0 Å². The SMILES string of the molecule is C1CNC1.CC.[HH]. The Kier molecular flexibility index (Phi) is 4.93. The molecule has 0 aliphatic carbocycles. The van der Waals surface area contributed by atoms with Gasteiger partial charge in [-0.15, -0.1) is 0 Å². The van der Waals surface area contributed by atoms with Crippen LogP contribution in [0.25, 0.3) is 0 Å². The molecule has 0 aromatic heterocycles. The predicted octanol–water partition coefficient (Wildman–Crippen LogP) is 1.25. The highest BCUT2D eigenvalue weighted by Gasteiger charge is 1.92. The summed E-state index contributed by atoms with van der Waals surface area (Å²) in [6.07, 6.45) is 1.39. The van der Waals surface area contributed by atoms with Crippen molar-refractivity contribution < 1.29 is 1.43 Å². The molecule has 0 aromatic rings. The largest absolute Gasteiger partial charge is 0.317 e. The molecule has 0 amide bonds. The van der Waals surface area contributed by atoms with Crippen LogP contribution in [0.2, 0.25) is 0 Å². The van der Waals surface area contributed by atoms with Crippen LogP contribution < -0.4 is 5.32 Å². The first-order valence-corrected chi connectivity index (χ1v) is 2.71. The number of nitrogens with one attached hydrogen (secondary N) is 1. The van der Waals surface area contributed by atoms with Gasteiger partial charge in [-0.2, -0.15) is 0 Å². The van der Waals surface area contributed by atoms with Gasteiger partial charge in [-0.1, -0.05) is 13.8 Å². The van der Waals surface area contributed by atoms with Crippen molar-refractivity contribution in [2.24, 2.45) is 0 Å². The summed E-state index contributed by atoms with van der Waals surface area (Å²) in [4.78, 5) is 0. The molecule has 1 aliphatic rings. The number of hydrogen-bond acceptors (Lipinski definition) is 1. The molecular formula is C5H15N. The van der Waals surface area contributed by atoms with Gasteiger partial charge < -0.3 is 5.32 Å². The fourth-order valence-corrected chi connectivity index (χ4v) is 0.177. The average molecular weight is 89.2 g/mol. The van der Waals surface area contributed by atoms with Gasteiger partial charge >= 0.3 is 0 Å². The molecule has 0 unspecified atom stereocenters. The lowest BCUT2D eigenvalue weighted by molar-refractivity contribution is 0.527. The van der Waals surface area contributed by atoms with E-state index in [1.165, 1.54) is 19.5 Å². The Balaban J connectivity index is 0. The molecular weight excluding hydrogens is 74.1 g/mol. The fraction of sp³-hybridized carbons (Fsp3) is 1.00. The highest BCUT2D eigenvalue weighted by atomic mass is 14.9. The van der Waals surface area contributed by atoms with Gasteiger partial charge in [0, 0.05) is 1.43 Å². The van der Waals surface area contributed by atoms with Crippen LogP contribution in [0.1, 0.15) is 21.7 Å². The highest BCUT2D eigenvalue weighted by Crippen LogP contribution is 1.80. The third-order valence-corrected chi connectivity index (χ3v) is 0.707. The van der Waals surface area contributed by atoms with Crippen molar-refractivity contribution >= 4 is 0 Å². The van der Waals surface area contributed by atoms with E-state index in [9.17, 15) is 0 Å². The molecule has 1 nitrogen and oxygen atoms in total. The maximum Gasteiger partial charge on any atom is 0 e. The second-order valence-corrected chi connectivity index (χ2v) is 1.10. The molecule has 0 spiro atoms. The zero-order chi connectivity index (χ0) is 4.83. The molecule has 1 aliphatic heterocycles. The summed E-state index contributed by atoms with van der Waals surface area (Å²) in [5.74, 6) is 0. The number of hydrogen-bond donors (Lipinski definition) is 1. The second kappa shape index (κ2) is 4.96. The maximum absolute atomic E-state index is 3.11. The van der Waals surface area contributed by atoms with Crippen LogP contribution in [0.15, 0.2) is 0 Å². The minimum absolute atomic E-state index is 0. The first kappa shape index (κ1) is 5.96. The van der Waals surface area contributed by atoms with E-state index in [1.54, 1.807) is 0 Å². The molecule has 0 radical (unpaired) electrons. The summed E-state index contributed by atoms with van der Waals surface area (Å²) in [7, 11) is 0. The quantitative estimate of drug-likeness (QED) is 0.471. The van der Waals surface area contributed by atoms with Gasteiger partial charge in [-0.25, -0.2) is 0 Å². The van der Waals surface area contributed by atoms with Gasteiger partial charge in [-0.3, -0.25) is 0 Å². The van der Waals surface area contributed by atoms with Crippen LogP contribution in [0.4, 0.5) is 0 Å². The van der Waals surface area contributed by atoms with Gasteiger partial charge in [0.05, 0.1) is 0 Å². The van der Waals surface area contributed by atoms with Crippen molar-refractivity contribution in [2.75, 3.05) is 13.1 Å². The van der Waals surface area contributed by atoms with Crippen LogP contribution in [-0.2, 0) is 0 Å². The Bertz CT molecular complexity index is 16.0. The second-order valence-electron chi connectivity index (χ2n) is 1.10. The van der Waals surface area contributed by atoms with Gasteiger partial charge in [0.15, 0.2) is 0 Å². The summed E-state index contributed by atoms with van der Waals surface area (Å²) < 4.78 is 0. The molecule has 1 saturated heterocycles. The molecule has 0 bridgehead atoms. The Morgan fingerprint density at radius 2 is 1.50 bits per heavy atom. The Morgan fingerprint density at radius 3 is 1.50 bits per heavy atom. The monoisotopic (exact) mass is 89.1 g/mol. The molecule has 40 valence electrons. The molecule has 1 rings (SSSR count). The van der Waals surface area contributed by atoms with Gasteiger partial charge in [0.2, 0.25) is 0 Å². The number of rotatable bonds is 0. The van der Waals surface area contributed by atoms with E-state index in [-0.39, 0.29) is 1.43 Å². The lowest BCUT2D eigenvalue weighted by atomic mass is 10.3. The topological polar surface area (TPSA) is 12.0 Å². The molecule has 1 heterocycles. The standard InChI is InChI=1S/C3H7N.C2H6.H2/c1-2-4-3-1;1-2;/h4H,1-3H2;1-2H3;1H. The molecule has 0 aromatic carbocycles. The van der Waals surface area contributed by atoms with E-state index in [0.717, 1.165) is 0 Å². The van der Waals surface area contributed by atoms with Crippen LogP contribution in [0.5, 0.6) is 0 Å². The van der Waals surface area contributed by atoms with Crippen LogP contribution in [0.3, 0.4) is 0 Å². The van der Waals surface area contributed by atoms with Gasteiger partial charge in [0.1, 0.15) is 0 Å². The minimum atomic E-state index is 0. The van der Waals surface area contributed by atoms with E-state index in [0.29, 0.717) is 0 Å². The third-order valence-electron chi connectivity index (χ3n) is 0.707. The Hall–Kier alpha value is -0.0400. The summed E-state index contributed by atoms with van der Waals surface area (Å²) in [6, 6.07) is 0. The summed E-state index contributed by atoms with van der Waals surface area (Å²) >= 11 is 0. The first-order chi connectivity index (χ1) is 3.00. The molecule has 1 heteroatoms. The van der Waals surface area contributed by atoms with E-state index in [1.807, 2.05) is 13.8 Å². The Morgan fingerprint density at radius 1 is 1.33 bits per heavy atom. The van der Waals surface area contributed by atoms with Crippen molar-refractivity contribution in [2.45, 2.75) is 20.3 Å². The minimum Gasteiger partial charge on any atom is -0.317 e. The highest BCUT2D eigenvalue weighted by molar-refractivity contribution is 4.56. The normalized spacial score (nSPS) is 17.0. The lowest BCUT2D eigenvalue weighted by Crippen LogP contribution is -2.29. The Labute approximate surface area is 41.2 Å². The molecule has 6 heavy (non-hydrogen) atoms. The molecule has 1 fully saturated rings. The van der Waals surface area contributed by atoms with E-state index < -0.39 is 0 Å². The van der Waals surface area contributed by atoms with Crippen LogP contribution >= 0.6 is 0 Å². The summed E-state index contributed by atoms with van der Waals surface area (Å²) in [5, 5.41) is 3.11. The third kappa shape index (κ3) is 2.21. The van der Waals surface area contributed by atoms with Crippen molar-refractivity contribution in [1.29, 1.82) is 0 Å². The molecule has 0 atom stereocenters. The van der Waals surface area contributed by atoms with Crippen LogP contribution in [-0.4, -0.2) is 13.1 Å².